The summed E-state index contributed by atoms with van der Waals surface area (Å²) in [7, 11) is 3.48. The van der Waals surface area contributed by atoms with Gasteiger partial charge in [-0.1, -0.05) is 76.6 Å². The third-order valence-electron chi connectivity index (χ3n) is 4.43. The number of rotatable bonds is 15. The molecule has 0 saturated heterocycles. The standard InChI is InChI=1S/C24H34O2S2/c1-3-5-7-13-19-25-21-15-9-11-17-23(21)27-28-24-18-12-10-16-22(24)26-20-14-8-6-4-2/h9-12,15-18H,3-8,13-14,19-20H2,1-2H3. The Kier molecular flexibility index (Phi) is 12.1. The molecule has 0 amide bonds. The largest absolute Gasteiger partial charge is 0.492 e. The first-order valence-corrected chi connectivity index (χ1v) is 12.8. The number of benzene rings is 2. The molecule has 28 heavy (non-hydrogen) atoms. The smallest absolute Gasteiger partial charge is 0.133 e. The van der Waals surface area contributed by atoms with Gasteiger partial charge in [0.1, 0.15) is 11.5 Å². The number of hydrogen-bond donors (Lipinski definition) is 0. The summed E-state index contributed by atoms with van der Waals surface area (Å²) in [5.74, 6) is 1.96. The molecule has 0 saturated carbocycles. The summed E-state index contributed by atoms with van der Waals surface area (Å²) in [6.45, 7) is 6.05. The van der Waals surface area contributed by atoms with E-state index in [9.17, 15) is 0 Å². The van der Waals surface area contributed by atoms with Crippen LogP contribution < -0.4 is 9.47 Å². The van der Waals surface area contributed by atoms with Crippen LogP contribution in [0.2, 0.25) is 0 Å². The van der Waals surface area contributed by atoms with Gasteiger partial charge in [0, 0.05) is 0 Å². The summed E-state index contributed by atoms with van der Waals surface area (Å²) in [5, 5.41) is 0. The second kappa shape index (κ2) is 14.7. The van der Waals surface area contributed by atoms with Crippen LogP contribution in [0, 0.1) is 0 Å². The van der Waals surface area contributed by atoms with Crippen molar-refractivity contribution in [1.29, 1.82) is 0 Å². The predicted molar refractivity (Wildman–Crippen MR) is 124 cm³/mol. The minimum atomic E-state index is 0.791. The zero-order valence-corrected chi connectivity index (χ0v) is 19.0. The summed E-state index contributed by atoms with van der Waals surface area (Å²) in [6.07, 6.45) is 9.79. The molecule has 0 aliphatic heterocycles. The Balaban J connectivity index is 1.86. The van der Waals surface area contributed by atoms with E-state index in [2.05, 4.69) is 50.2 Å². The molecule has 4 heteroatoms. The Morgan fingerprint density at radius 3 is 1.43 bits per heavy atom. The van der Waals surface area contributed by atoms with E-state index >= 15 is 0 Å². The fourth-order valence-electron chi connectivity index (χ4n) is 2.79. The minimum absolute atomic E-state index is 0.791. The molecule has 154 valence electrons. The fraction of sp³-hybridized carbons (Fsp3) is 0.500. The molecule has 0 spiro atoms. The van der Waals surface area contributed by atoms with E-state index in [0.717, 1.165) is 37.6 Å². The van der Waals surface area contributed by atoms with Gasteiger partial charge in [0.25, 0.3) is 0 Å². The van der Waals surface area contributed by atoms with Gasteiger partial charge in [0.05, 0.1) is 23.0 Å². The summed E-state index contributed by atoms with van der Waals surface area (Å²) in [4.78, 5) is 2.33. The first kappa shape index (κ1) is 23.0. The molecular formula is C24H34O2S2. The van der Waals surface area contributed by atoms with Crippen LogP contribution in [0.15, 0.2) is 58.3 Å². The molecule has 2 aromatic carbocycles. The number of ether oxygens (including phenoxy) is 2. The van der Waals surface area contributed by atoms with Crippen LogP contribution in [0.25, 0.3) is 0 Å². The van der Waals surface area contributed by atoms with E-state index in [1.54, 1.807) is 21.6 Å². The number of para-hydroxylation sites is 2. The highest BCUT2D eigenvalue weighted by molar-refractivity contribution is 8.76. The van der Waals surface area contributed by atoms with Gasteiger partial charge in [-0.2, -0.15) is 0 Å². The minimum Gasteiger partial charge on any atom is -0.492 e. The Hall–Kier alpha value is -1.26. The van der Waals surface area contributed by atoms with Crippen molar-refractivity contribution in [2.24, 2.45) is 0 Å². The molecular weight excluding hydrogens is 384 g/mol. The third kappa shape index (κ3) is 8.83. The lowest BCUT2D eigenvalue weighted by molar-refractivity contribution is 0.298. The zero-order valence-electron chi connectivity index (χ0n) is 17.3. The molecule has 0 atom stereocenters. The molecule has 2 aromatic rings. The van der Waals surface area contributed by atoms with Crippen molar-refractivity contribution in [2.75, 3.05) is 13.2 Å². The Bertz CT molecular complexity index is 603. The molecule has 2 nitrogen and oxygen atoms in total. The van der Waals surface area contributed by atoms with Crippen molar-refractivity contribution in [2.45, 2.75) is 75.0 Å². The predicted octanol–water partition coefficient (Wildman–Crippen LogP) is 8.40. The van der Waals surface area contributed by atoms with Crippen molar-refractivity contribution in [3.63, 3.8) is 0 Å². The van der Waals surface area contributed by atoms with Crippen molar-refractivity contribution >= 4 is 21.6 Å². The molecule has 0 aliphatic carbocycles. The van der Waals surface area contributed by atoms with Crippen molar-refractivity contribution in [3.8, 4) is 11.5 Å². The zero-order chi connectivity index (χ0) is 19.9. The topological polar surface area (TPSA) is 18.5 Å². The van der Waals surface area contributed by atoms with Gasteiger partial charge in [-0.3, -0.25) is 0 Å². The van der Waals surface area contributed by atoms with Gasteiger partial charge in [-0.05, 0) is 58.7 Å². The van der Waals surface area contributed by atoms with Crippen molar-refractivity contribution in [3.05, 3.63) is 48.5 Å². The van der Waals surface area contributed by atoms with E-state index in [4.69, 9.17) is 9.47 Å². The van der Waals surface area contributed by atoms with E-state index < -0.39 is 0 Å². The van der Waals surface area contributed by atoms with E-state index in [0.29, 0.717) is 0 Å². The molecule has 0 N–H and O–H groups in total. The van der Waals surface area contributed by atoms with Crippen LogP contribution in [0.5, 0.6) is 11.5 Å². The molecule has 0 radical (unpaired) electrons. The average molecular weight is 419 g/mol. The lowest BCUT2D eigenvalue weighted by Gasteiger charge is -2.13. The summed E-state index contributed by atoms with van der Waals surface area (Å²) in [5.41, 5.74) is 0. The first-order valence-electron chi connectivity index (χ1n) is 10.6. The third-order valence-corrected chi connectivity index (χ3v) is 6.87. The van der Waals surface area contributed by atoms with Crippen LogP contribution in [-0.2, 0) is 0 Å². The Morgan fingerprint density at radius 2 is 1.00 bits per heavy atom. The lowest BCUT2D eigenvalue weighted by atomic mass is 10.2. The quantitative estimate of drug-likeness (QED) is 0.213. The van der Waals surface area contributed by atoms with Crippen molar-refractivity contribution in [1.82, 2.24) is 0 Å². The molecule has 0 fully saturated rings. The van der Waals surface area contributed by atoms with Crippen LogP contribution >= 0.6 is 21.6 Å². The fourth-order valence-corrected chi connectivity index (χ4v) is 5.02. The second-order valence-electron chi connectivity index (χ2n) is 6.88. The van der Waals surface area contributed by atoms with Gasteiger partial charge >= 0.3 is 0 Å². The van der Waals surface area contributed by atoms with E-state index in [-0.39, 0.29) is 0 Å². The summed E-state index contributed by atoms with van der Waals surface area (Å²) < 4.78 is 12.1. The maximum absolute atomic E-state index is 6.04. The molecule has 0 heterocycles. The Labute approximate surface area is 179 Å². The molecule has 0 aromatic heterocycles. The van der Waals surface area contributed by atoms with Crippen molar-refractivity contribution < 1.29 is 9.47 Å². The van der Waals surface area contributed by atoms with E-state index in [1.165, 1.54) is 48.3 Å². The Morgan fingerprint density at radius 1 is 0.571 bits per heavy atom. The first-order chi connectivity index (χ1) is 13.8. The van der Waals surface area contributed by atoms with Gasteiger partial charge in [-0.15, -0.1) is 0 Å². The highest BCUT2D eigenvalue weighted by Crippen LogP contribution is 2.44. The van der Waals surface area contributed by atoms with Gasteiger partial charge < -0.3 is 9.47 Å². The SMILES string of the molecule is CCCCCCOc1ccccc1SSc1ccccc1OCCCCCC. The highest BCUT2D eigenvalue weighted by atomic mass is 33.1. The maximum Gasteiger partial charge on any atom is 0.133 e. The van der Waals surface area contributed by atoms with Gasteiger partial charge in [0.2, 0.25) is 0 Å². The average Bonchev–Trinajstić information content (AvgIpc) is 2.73. The molecule has 0 aliphatic rings. The maximum atomic E-state index is 6.04. The summed E-state index contributed by atoms with van der Waals surface area (Å²) >= 11 is 0. The number of unbranched alkanes of at least 4 members (excludes halogenated alkanes) is 6. The van der Waals surface area contributed by atoms with E-state index in [1.807, 2.05) is 12.1 Å². The van der Waals surface area contributed by atoms with Crippen LogP contribution in [0.3, 0.4) is 0 Å². The van der Waals surface area contributed by atoms with Crippen LogP contribution in [0.1, 0.15) is 65.2 Å². The van der Waals surface area contributed by atoms with Crippen LogP contribution in [0.4, 0.5) is 0 Å². The monoisotopic (exact) mass is 418 g/mol. The molecule has 0 unspecified atom stereocenters. The number of hydrogen-bond acceptors (Lipinski definition) is 4. The van der Waals surface area contributed by atoms with Gasteiger partial charge in [0.15, 0.2) is 0 Å². The highest BCUT2D eigenvalue weighted by Gasteiger charge is 2.09. The lowest BCUT2D eigenvalue weighted by Crippen LogP contribution is -1.98. The summed E-state index contributed by atoms with van der Waals surface area (Å²) in [6, 6.07) is 16.6. The van der Waals surface area contributed by atoms with Crippen LogP contribution in [-0.4, -0.2) is 13.2 Å². The molecule has 0 bridgehead atoms. The second-order valence-corrected chi connectivity index (χ2v) is 9.09. The molecule has 2 rings (SSSR count). The van der Waals surface area contributed by atoms with Gasteiger partial charge in [-0.25, -0.2) is 0 Å². The normalized spacial score (nSPS) is 10.8.